The van der Waals surface area contributed by atoms with Crippen molar-refractivity contribution in [2.75, 3.05) is 20.3 Å². The first-order valence-corrected chi connectivity index (χ1v) is 10.1. The highest BCUT2D eigenvalue weighted by Gasteiger charge is 2.21. The van der Waals surface area contributed by atoms with Gasteiger partial charge >= 0.3 is 0 Å². The molecule has 0 saturated heterocycles. The van der Waals surface area contributed by atoms with Gasteiger partial charge in [-0.1, -0.05) is 62.6 Å². The number of unbranched alkanes of at least 4 members (excludes halogenated alkanes) is 2. The highest BCUT2D eigenvalue weighted by Crippen LogP contribution is 2.48. The van der Waals surface area contributed by atoms with Gasteiger partial charge in [0.2, 0.25) is 0 Å². The quantitative estimate of drug-likeness (QED) is 0.292. The second-order valence-electron chi connectivity index (χ2n) is 6.61. The molecular weight excluding hydrogens is 360 g/mol. The van der Waals surface area contributed by atoms with Gasteiger partial charge in [-0.15, -0.1) is 0 Å². The first kappa shape index (κ1) is 19.6. The minimum atomic E-state index is 0.570. The van der Waals surface area contributed by atoms with Gasteiger partial charge in [0.25, 0.3) is 0 Å². The molecule has 4 heteroatoms. The van der Waals surface area contributed by atoms with Crippen molar-refractivity contribution in [2.24, 2.45) is 0 Å². The van der Waals surface area contributed by atoms with Crippen molar-refractivity contribution in [3.05, 3.63) is 41.4 Å². The topological polar surface area (TPSA) is 27.7 Å². The largest absolute Gasteiger partial charge is 0.494 e. The van der Waals surface area contributed by atoms with Gasteiger partial charge in [-0.3, -0.25) is 0 Å². The molecule has 0 unspecified atom stereocenters. The van der Waals surface area contributed by atoms with E-state index in [4.69, 9.17) is 25.8 Å². The van der Waals surface area contributed by atoms with Crippen LogP contribution in [-0.4, -0.2) is 20.3 Å². The number of hydrogen-bond acceptors (Lipinski definition) is 3. The second-order valence-corrected chi connectivity index (χ2v) is 7.02. The highest BCUT2D eigenvalue weighted by atomic mass is 35.5. The number of hydrogen-bond donors (Lipinski definition) is 0. The third-order valence-corrected chi connectivity index (χ3v) is 4.99. The van der Waals surface area contributed by atoms with Crippen molar-refractivity contribution in [2.45, 2.75) is 39.5 Å². The monoisotopic (exact) mass is 386 g/mol. The summed E-state index contributed by atoms with van der Waals surface area (Å²) in [7, 11) is 1.64. The number of rotatable bonds is 9. The van der Waals surface area contributed by atoms with Crippen molar-refractivity contribution in [1.29, 1.82) is 0 Å². The fourth-order valence-electron chi connectivity index (χ4n) is 3.27. The summed E-state index contributed by atoms with van der Waals surface area (Å²) in [6.45, 7) is 5.65. The molecule has 0 radical (unpaired) electrons. The van der Waals surface area contributed by atoms with Crippen LogP contribution in [0.15, 0.2) is 36.4 Å². The summed E-state index contributed by atoms with van der Waals surface area (Å²) < 4.78 is 18.2. The van der Waals surface area contributed by atoms with Gasteiger partial charge in [0.15, 0.2) is 0 Å². The van der Waals surface area contributed by atoms with E-state index >= 15 is 0 Å². The first-order chi connectivity index (χ1) is 13.2. The minimum Gasteiger partial charge on any atom is -0.494 e. The lowest BCUT2D eigenvalue weighted by Crippen LogP contribution is -2.03. The van der Waals surface area contributed by atoms with Crippen LogP contribution in [0.1, 0.15) is 39.5 Å². The van der Waals surface area contributed by atoms with Gasteiger partial charge in [-0.2, -0.15) is 0 Å². The lowest BCUT2D eigenvalue weighted by Gasteiger charge is -2.20. The van der Waals surface area contributed by atoms with Crippen LogP contribution in [-0.2, 0) is 0 Å². The number of ether oxygens (including phenoxy) is 3. The van der Waals surface area contributed by atoms with E-state index in [0.29, 0.717) is 24.0 Å². The lowest BCUT2D eigenvalue weighted by molar-refractivity contribution is 0.310. The van der Waals surface area contributed by atoms with Gasteiger partial charge in [0, 0.05) is 16.2 Å². The van der Waals surface area contributed by atoms with E-state index in [9.17, 15) is 0 Å². The van der Waals surface area contributed by atoms with Gasteiger partial charge in [-0.05, 0) is 25.0 Å². The first-order valence-electron chi connectivity index (χ1n) is 9.69. The van der Waals surface area contributed by atoms with E-state index < -0.39 is 0 Å². The summed E-state index contributed by atoms with van der Waals surface area (Å²) in [5, 5.41) is 4.49. The molecule has 0 atom stereocenters. The van der Waals surface area contributed by atoms with E-state index in [1.54, 1.807) is 7.11 Å². The van der Waals surface area contributed by atoms with Crippen LogP contribution in [0, 0.1) is 0 Å². The molecule has 3 aromatic rings. The molecule has 3 nitrogen and oxygen atoms in total. The Morgan fingerprint density at radius 3 is 1.93 bits per heavy atom. The van der Waals surface area contributed by atoms with Gasteiger partial charge in [0.05, 0.1) is 30.7 Å². The lowest BCUT2D eigenvalue weighted by atomic mass is 9.99. The predicted molar refractivity (Wildman–Crippen MR) is 114 cm³/mol. The van der Waals surface area contributed by atoms with E-state index in [0.717, 1.165) is 58.7 Å². The molecule has 0 spiro atoms. The molecule has 0 aliphatic rings. The van der Waals surface area contributed by atoms with Gasteiger partial charge in [0.1, 0.15) is 17.2 Å². The van der Waals surface area contributed by atoms with Gasteiger partial charge < -0.3 is 14.2 Å². The molecule has 144 valence electrons. The molecule has 0 aliphatic carbocycles. The Balaban J connectivity index is 2.31. The number of benzene rings is 3. The molecule has 3 rings (SSSR count). The fraction of sp³-hybridized carbons (Fsp3) is 0.391. The third kappa shape index (κ3) is 3.93. The zero-order chi connectivity index (χ0) is 19.2. The van der Waals surface area contributed by atoms with Crippen molar-refractivity contribution in [1.82, 2.24) is 0 Å². The molecule has 0 saturated carbocycles. The summed E-state index contributed by atoms with van der Waals surface area (Å²) in [6.07, 6.45) is 4.16. The summed E-state index contributed by atoms with van der Waals surface area (Å²) in [6, 6.07) is 12.1. The Bertz CT molecular complexity index is 921. The van der Waals surface area contributed by atoms with Crippen molar-refractivity contribution in [3.63, 3.8) is 0 Å². The average molecular weight is 387 g/mol. The van der Waals surface area contributed by atoms with Crippen LogP contribution in [0.3, 0.4) is 0 Å². The van der Waals surface area contributed by atoms with Crippen molar-refractivity contribution >= 4 is 33.1 Å². The van der Waals surface area contributed by atoms with Crippen LogP contribution in [0.25, 0.3) is 21.5 Å². The van der Waals surface area contributed by atoms with E-state index in [-0.39, 0.29) is 0 Å². The number of fused-ring (bicyclic) bond motifs is 2. The zero-order valence-corrected chi connectivity index (χ0v) is 17.1. The third-order valence-electron chi connectivity index (χ3n) is 4.69. The average Bonchev–Trinajstić information content (AvgIpc) is 2.69. The minimum absolute atomic E-state index is 0.570. The van der Waals surface area contributed by atoms with Crippen molar-refractivity contribution in [3.8, 4) is 17.2 Å². The van der Waals surface area contributed by atoms with Crippen LogP contribution >= 0.6 is 11.6 Å². The van der Waals surface area contributed by atoms with Crippen molar-refractivity contribution < 1.29 is 14.2 Å². The van der Waals surface area contributed by atoms with Crippen LogP contribution in [0.5, 0.6) is 17.2 Å². The Morgan fingerprint density at radius 2 is 1.33 bits per heavy atom. The zero-order valence-electron chi connectivity index (χ0n) is 16.3. The normalized spacial score (nSPS) is 11.1. The van der Waals surface area contributed by atoms with Gasteiger partial charge in [-0.25, -0.2) is 0 Å². The van der Waals surface area contributed by atoms with E-state index in [1.165, 1.54) is 0 Å². The van der Waals surface area contributed by atoms with E-state index in [2.05, 4.69) is 26.0 Å². The summed E-state index contributed by atoms with van der Waals surface area (Å²) in [4.78, 5) is 0. The Morgan fingerprint density at radius 1 is 0.741 bits per heavy atom. The summed E-state index contributed by atoms with van der Waals surface area (Å²) in [5.41, 5.74) is 0. The smallest absolute Gasteiger partial charge is 0.149 e. The van der Waals surface area contributed by atoms with E-state index in [1.807, 2.05) is 24.3 Å². The molecule has 0 aliphatic heterocycles. The molecule has 0 bridgehead atoms. The Hall–Kier alpha value is -2.13. The SMILES string of the molecule is CCCCOc1c2ccccc2c(OCCCC)c2c(OC)c(Cl)ccc12. The summed E-state index contributed by atoms with van der Waals surface area (Å²) >= 11 is 6.45. The standard InChI is InChI=1S/C23H27ClO3/c1-4-6-14-26-21-16-10-8-9-11-17(16)22(27-15-7-5-2)20-18(21)12-13-19(24)23(20)25-3/h8-13H,4-7,14-15H2,1-3H3. The molecule has 0 aromatic heterocycles. The fourth-order valence-corrected chi connectivity index (χ4v) is 3.51. The molecule has 3 aromatic carbocycles. The summed E-state index contributed by atoms with van der Waals surface area (Å²) in [5.74, 6) is 2.31. The van der Waals surface area contributed by atoms with Crippen LogP contribution in [0.4, 0.5) is 0 Å². The number of methoxy groups -OCH3 is 1. The molecular formula is C23H27ClO3. The maximum absolute atomic E-state index is 6.45. The Labute approximate surface area is 166 Å². The highest BCUT2D eigenvalue weighted by molar-refractivity contribution is 6.34. The maximum atomic E-state index is 6.45. The van der Waals surface area contributed by atoms with Crippen LogP contribution in [0.2, 0.25) is 5.02 Å². The molecule has 0 fully saturated rings. The molecule has 27 heavy (non-hydrogen) atoms. The molecule has 0 amide bonds. The second kappa shape index (κ2) is 9.18. The molecule has 0 N–H and O–H groups in total. The predicted octanol–water partition coefficient (Wildman–Crippen LogP) is 7.01. The van der Waals surface area contributed by atoms with Crippen LogP contribution < -0.4 is 14.2 Å². The molecule has 0 heterocycles. The Kier molecular flexibility index (Phi) is 6.68. The number of halogens is 1. The maximum Gasteiger partial charge on any atom is 0.149 e.